The zero-order valence-electron chi connectivity index (χ0n) is 6.95. The van der Waals surface area contributed by atoms with Crippen LogP contribution in [0.5, 0.6) is 0 Å². The maximum Gasteiger partial charge on any atom is 0.325 e. The SMILES string of the molecule is CC=CCC(N)(CC#N)C(=O)O. The van der Waals surface area contributed by atoms with Crippen LogP contribution in [0.4, 0.5) is 0 Å². The van der Waals surface area contributed by atoms with Gasteiger partial charge in [0.2, 0.25) is 0 Å². The minimum Gasteiger partial charge on any atom is -0.480 e. The molecular weight excluding hydrogens is 156 g/mol. The number of nitrogens with zero attached hydrogens (tertiary/aromatic N) is 1. The highest BCUT2D eigenvalue weighted by molar-refractivity contribution is 5.79. The minimum absolute atomic E-state index is 0.174. The second-order valence-electron chi connectivity index (χ2n) is 2.57. The van der Waals surface area contributed by atoms with E-state index < -0.39 is 11.5 Å². The summed E-state index contributed by atoms with van der Waals surface area (Å²) in [5.41, 5.74) is 4.03. The average Bonchev–Trinajstić information content (AvgIpc) is 2.01. The van der Waals surface area contributed by atoms with E-state index in [-0.39, 0.29) is 12.8 Å². The van der Waals surface area contributed by atoms with Crippen molar-refractivity contribution < 1.29 is 9.90 Å². The number of hydrogen-bond acceptors (Lipinski definition) is 3. The van der Waals surface area contributed by atoms with Gasteiger partial charge in [-0.05, 0) is 13.3 Å². The van der Waals surface area contributed by atoms with Crippen LogP contribution in [0.2, 0.25) is 0 Å². The number of nitrogens with two attached hydrogens (primary N) is 1. The van der Waals surface area contributed by atoms with Gasteiger partial charge in [-0.15, -0.1) is 0 Å². The number of rotatable bonds is 4. The molecule has 3 N–H and O–H groups in total. The van der Waals surface area contributed by atoms with Gasteiger partial charge in [-0.25, -0.2) is 0 Å². The maximum atomic E-state index is 10.6. The molecule has 0 aromatic heterocycles. The molecular formula is C8H12N2O2. The molecule has 0 heterocycles. The Hall–Kier alpha value is -1.34. The van der Waals surface area contributed by atoms with E-state index >= 15 is 0 Å². The Balaban J connectivity index is 4.41. The van der Waals surface area contributed by atoms with Crippen molar-refractivity contribution in [3.05, 3.63) is 12.2 Å². The molecule has 0 spiro atoms. The molecule has 0 amide bonds. The zero-order chi connectivity index (χ0) is 9.61. The molecule has 0 aliphatic heterocycles. The van der Waals surface area contributed by atoms with Gasteiger partial charge in [0, 0.05) is 0 Å². The van der Waals surface area contributed by atoms with E-state index in [2.05, 4.69) is 0 Å². The van der Waals surface area contributed by atoms with Crippen LogP contribution in [0.1, 0.15) is 19.8 Å². The lowest BCUT2D eigenvalue weighted by molar-refractivity contribution is -0.143. The summed E-state index contributed by atoms with van der Waals surface area (Å²) in [4.78, 5) is 10.6. The van der Waals surface area contributed by atoms with Gasteiger partial charge in [0.1, 0.15) is 5.54 Å². The molecule has 0 fully saturated rings. The van der Waals surface area contributed by atoms with E-state index in [0.29, 0.717) is 0 Å². The van der Waals surface area contributed by atoms with Crippen molar-refractivity contribution in [2.24, 2.45) is 5.73 Å². The third-order valence-electron chi connectivity index (χ3n) is 1.54. The lowest BCUT2D eigenvalue weighted by Gasteiger charge is -2.18. The number of nitriles is 1. The minimum atomic E-state index is -1.43. The molecule has 0 aromatic rings. The molecule has 4 nitrogen and oxygen atoms in total. The summed E-state index contributed by atoms with van der Waals surface area (Å²) in [6.07, 6.45) is 3.37. The molecule has 4 heteroatoms. The maximum absolute atomic E-state index is 10.6. The van der Waals surface area contributed by atoms with E-state index in [4.69, 9.17) is 16.1 Å². The summed E-state index contributed by atoms with van der Waals surface area (Å²) >= 11 is 0. The normalized spacial score (nSPS) is 15.4. The van der Waals surface area contributed by atoms with Crippen LogP contribution in [-0.2, 0) is 4.79 Å². The second-order valence-corrected chi connectivity index (χ2v) is 2.57. The van der Waals surface area contributed by atoms with Gasteiger partial charge in [0.05, 0.1) is 12.5 Å². The van der Waals surface area contributed by atoms with Gasteiger partial charge in [-0.2, -0.15) is 5.26 Å². The first-order chi connectivity index (χ1) is 5.56. The zero-order valence-corrected chi connectivity index (χ0v) is 6.95. The van der Waals surface area contributed by atoms with Gasteiger partial charge < -0.3 is 10.8 Å². The Morgan fingerprint density at radius 3 is 2.75 bits per heavy atom. The molecule has 66 valence electrons. The first-order valence-corrected chi connectivity index (χ1v) is 3.57. The highest BCUT2D eigenvalue weighted by Crippen LogP contribution is 2.12. The Kier molecular flexibility index (Phi) is 4.02. The Morgan fingerprint density at radius 2 is 2.42 bits per heavy atom. The Morgan fingerprint density at radius 1 is 1.83 bits per heavy atom. The topological polar surface area (TPSA) is 87.1 Å². The molecule has 1 unspecified atom stereocenters. The molecule has 0 saturated carbocycles. The van der Waals surface area contributed by atoms with Crippen LogP contribution < -0.4 is 5.73 Å². The summed E-state index contributed by atoms with van der Waals surface area (Å²) in [7, 11) is 0. The first kappa shape index (κ1) is 10.7. The molecule has 0 bridgehead atoms. The van der Waals surface area contributed by atoms with Crippen molar-refractivity contribution in [1.29, 1.82) is 5.26 Å². The van der Waals surface area contributed by atoms with Crippen molar-refractivity contribution in [1.82, 2.24) is 0 Å². The summed E-state index contributed by atoms with van der Waals surface area (Å²) in [5, 5.41) is 17.0. The molecule has 12 heavy (non-hydrogen) atoms. The third-order valence-corrected chi connectivity index (χ3v) is 1.54. The Labute approximate surface area is 71.3 Å². The van der Waals surface area contributed by atoms with Gasteiger partial charge >= 0.3 is 5.97 Å². The van der Waals surface area contributed by atoms with Crippen molar-refractivity contribution in [3.63, 3.8) is 0 Å². The average molecular weight is 168 g/mol. The standard InChI is InChI=1S/C8H12N2O2/c1-2-3-4-8(10,5-6-9)7(11)12/h2-3H,4-5,10H2,1H3,(H,11,12). The predicted molar refractivity (Wildman–Crippen MR) is 44.2 cm³/mol. The highest BCUT2D eigenvalue weighted by Gasteiger charge is 2.32. The predicted octanol–water partition coefficient (Wildman–Crippen LogP) is 0.648. The van der Waals surface area contributed by atoms with E-state index in [0.717, 1.165) is 0 Å². The quantitative estimate of drug-likeness (QED) is 0.603. The molecule has 1 atom stereocenters. The van der Waals surface area contributed by atoms with Crippen LogP contribution in [0.3, 0.4) is 0 Å². The number of allylic oxidation sites excluding steroid dienone is 1. The van der Waals surface area contributed by atoms with Crippen molar-refractivity contribution in [2.75, 3.05) is 0 Å². The second kappa shape index (κ2) is 4.52. The van der Waals surface area contributed by atoms with Crippen LogP contribution >= 0.6 is 0 Å². The van der Waals surface area contributed by atoms with Gasteiger partial charge in [-0.1, -0.05) is 12.2 Å². The van der Waals surface area contributed by atoms with Crippen LogP contribution in [-0.4, -0.2) is 16.6 Å². The van der Waals surface area contributed by atoms with Crippen LogP contribution in [0.25, 0.3) is 0 Å². The largest absolute Gasteiger partial charge is 0.480 e. The fourth-order valence-corrected chi connectivity index (χ4v) is 0.704. The summed E-state index contributed by atoms with van der Waals surface area (Å²) < 4.78 is 0. The molecule has 0 aromatic carbocycles. The molecule has 0 saturated heterocycles. The number of hydrogen-bond donors (Lipinski definition) is 2. The molecule has 0 aliphatic carbocycles. The fraction of sp³-hybridized carbons (Fsp3) is 0.500. The first-order valence-electron chi connectivity index (χ1n) is 3.57. The Bertz CT molecular complexity index is 230. The number of aliphatic carboxylic acids is 1. The van der Waals surface area contributed by atoms with E-state index in [9.17, 15) is 4.79 Å². The fourth-order valence-electron chi connectivity index (χ4n) is 0.704. The monoisotopic (exact) mass is 168 g/mol. The van der Waals surface area contributed by atoms with Gasteiger partial charge in [-0.3, -0.25) is 4.79 Å². The smallest absolute Gasteiger partial charge is 0.325 e. The van der Waals surface area contributed by atoms with Crippen molar-refractivity contribution in [3.8, 4) is 6.07 Å². The lowest BCUT2D eigenvalue weighted by Crippen LogP contribution is -2.47. The van der Waals surface area contributed by atoms with Crippen LogP contribution in [0.15, 0.2) is 12.2 Å². The van der Waals surface area contributed by atoms with E-state index in [1.807, 2.05) is 0 Å². The van der Waals surface area contributed by atoms with Gasteiger partial charge in [0.15, 0.2) is 0 Å². The summed E-state index contributed by atoms with van der Waals surface area (Å²) in [5.74, 6) is -1.14. The van der Waals surface area contributed by atoms with Gasteiger partial charge in [0.25, 0.3) is 0 Å². The summed E-state index contributed by atoms with van der Waals surface area (Å²) in [6, 6.07) is 1.76. The van der Waals surface area contributed by atoms with Crippen LogP contribution in [0, 0.1) is 11.3 Å². The van der Waals surface area contributed by atoms with Crippen molar-refractivity contribution >= 4 is 5.97 Å². The number of carboxylic acids is 1. The summed E-state index contributed by atoms with van der Waals surface area (Å²) in [6.45, 7) is 1.77. The van der Waals surface area contributed by atoms with E-state index in [1.165, 1.54) is 0 Å². The van der Waals surface area contributed by atoms with E-state index in [1.54, 1.807) is 25.1 Å². The third kappa shape index (κ3) is 2.72. The molecule has 0 radical (unpaired) electrons. The number of carbonyl (C=O) groups is 1. The van der Waals surface area contributed by atoms with Crippen molar-refractivity contribution in [2.45, 2.75) is 25.3 Å². The number of carboxylic acid groups (broad SMARTS) is 1. The molecule has 0 aliphatic rings. The lowest BCUT2D eigenvalue weighted by atomic mass is 9.93. The molecule has 0 rings (SSSR count). The highest BCUT2D eigenvalue weighted by atomic mass is 16.4.